The van der Waals surface area contributed by atoms with Gasteiger partial charge in [-0.15, -0.1) is 0 Å². The summed E-state index contributed by atoms with van der Waals surface area (Å²) in [5, 5.41) is 9.34. The van der Waals surface area contributed by atoms with E-state index in [1.54, 1.807) is 18.2 Å². The van der Waals surface area contributed by atoms with Crippen molar-refractivity contribution in [1.82, 2.24) is 0 Å². The molecule has 19 heavy (non-hydrogen) atoms. The summed E-state index contributed by atoms with van der Waals surface area (Å²) >= 11 is 8.78. The molecule has 8 heteroatoms. The van der Waals surface area contributed by atoms with Crippen LogP contribution in [-0.2, 0) is 16.6 Å². The molecule has 2 rings (SSSR count). The van der Waals surface area contributed by atoms with Gasteiger partial charge in [-0.1, -0.05) is 17.7 Å². The summed E-state index contributed by atoms with van der Waals surface area (Å²) in [6.45, 7) is -0.384. The molecule has 0 aliphatic heterocycles. The van der Waals surface area contributed by atoms with Crippen molar-refractivity contribution in [3.63, 3.8) is 0 Å². The fraction of sp³-hybridized carbons (Fsp3) is 0.0909. The number of benzene rings is 1. The summed E-state index contributed by atoms with van der Waals surface area (Å²) in [4.78, 5) is -0.0866. The summed E-state index contributed by atoms with van der Waals surface area (Å²) in [6.07, 6.45) is 0. The highest BCUT2D eigenvalue weighted by atomic mass is 79.9. The number of sulfonamides is 1. The van der Waals surface area contributed by atoms with Crippen LogP contribution in [0.15, 0.2) is 44.3 Å². The van der Waals surface area contributed by atoms with Crippen molar-refractivity contribution in [2.75, 3.05) is 4.72 Å². The predicted molar refractivity (Wildman–Crippen MR) is 74.6 cm³/mol. The molecule has 0 radical (unpaired) electrons. The van der Waals surface area contributed by atoms with Crippen molar-refractivity contribution in [1.29, 1.82) is 0 Å². The highest BCUT2D eigenvalue weighted by Crippen LogP contribution is 2.28. The van der Waals surface area contributed by atoms with Crippen molar-refractivity contribution < 1.29 is 17.9 Å². The van der Waals surface area contributed by atoms with Gasteiger partial charge in [0, 0.05) is 11.1 Å². The summed E-state index contributed by atoms with van der Waals surface area (Å²) in [7, 11) is -3.81. The maximum Gasteiger partial charge on any atom is 0.266 e. The third-order valence-electron chi connectivity index (χ3n) is 2.23. The second-order valence-electron chi connectivity index (χ2n) is 3.62. The number of furan rings is 1. The topological polar surface area (TPSA) is 79.5 Å². The maximum atomic E-state index is 12.1. The van der Waals surface area contributed by atoms with Gasteiger partial charge < -0.3 is 9.52 Å². The Balaban J connectivity index is 2.34. The molecule has 0 spiro atoms. The largest absolute Gasteiger partial charge is 0.450 e. The van der Waals surface area contributed by atoms with Crippen molar-refractivity contribution in [3.05, 3.63) is 45.8 Å². The number of hydrogen-bond donors (Lipinski definition) is 2. The van der Waals surface area contributed by atoms with Gasteiger partial charge in [0.15, 0.2) is 4.67 Å². The van der Waals surface area contributed by atoms with Gasteiger partial charge >= 0.3 is 0 Å². The zero-order valence-corrected chi connectivity index (χ0v) is 12.6. The fourth-order valence-electron chi connectivity index (χ4n) is 1.42. The van der Waals surface area contributed by atoms with E-state index in [-0.39, 0.29) is 21.9 Å². The Morgan fingerprint density at radius 3 is 2.68 bits per heavy atom. The third-order valence-corrected chi connectivity index (χ3v) is 4.70. The van der Waals surface area contributed by atoms with Crippen LogP contribution >= 0.6 is 27.5 Å². The Morgan fingerprint density at radius 2 is 2.11 bits per heavy atom. The molecule has 0 saturated carbocycles. The molecule has 0 bridgehead atoms. The lowest BCUT2D eigenvalue weighted by Gasteiger charge is -2.06. The molecular formula is C11H9BrClNO4S. The van der Waals surface area contributed by atoms with Crippen LogP contribution < -0.4 is 4.72 Å². The second kappa shape index (κ2) is 5.54. The molecule has 0 atom stereocenters. The Kier molecular flexibility index (Phi) is 4.19. The number of nitrogens with one attached hydrogen (secondary N) is 1. The molecule has 0 amide bonds. The summed E-state index contributed by atoms with van der Waals surface area (Å²) in [5.41, 5.74) is 0.339. The van der Waals surface area contributed by atoms with Crippen molar-refractivity contribution in [2.45, 2.75) is 11.5 Å². The fourth-order valence-corrected chi connectivity index (χ4v) is 3.66. The SMILES string of the molecule is O=S(=O)(Nc1cccc(Cl)c1)c1cc(CO)oc1Br. The van der Waals surface area contributed by atoms with Crippen LogP contribution in [0.5, 0.6) is 0 Å². The minimum atomic E-state index is -3.81. The number of rotatable bonds is 4. The normalized spacial score (nSPS) is 11.5. The van der Waals surface area contributed by atoms with Crippen molar-refractivity contribution in [3.8, 4) is 0 Å². The van der Waals surface area contributed by atoms with Crippen LogP contribution in [0.4, 0.5) is 5.69 Å². The van der Waals surface area contributed by atoms with E-state index >= 15 is 0 Å². The molecule has 1 heterocycles. The molecule has 2 aromatic rings. The third kappa shape index (κ3) is 3.30. The van der Waals surface area contributed by atoms with Gasteiger partial charge in [0.1, 0.15) is 17.3 Å². The monoisotopic (exact) mass is 365 g/mol. The first-order chi connectivity index (χ1) is 8.92. The first-order valence-corrected chi connectivity index (χ1v) is 7.75. The van der Waals surface area contributed by atoms with Crippen molar-refractivity contribution >= 4 is 43.2 Å². The lowest BCUT2D eigenvalue weighted by molar-refractivity contribution is 0.245. The quantitative estimate of drug-likeness (QED) is 0.872. The van der Waals surface area contributed by atoms with Gasteiger partial charge in [-0.3, -0.25) is 4.72 Å². The van der Waals surface area contributed by atoms with E-state index in [1.807, 2.05) is 0 Å². The van der Waals surface area contributed by atoms with Gasteiger partial charge in [-0.25, -0.2) is 8.42 Å². The predicted octanol–water partition coefficient (Wildman–Crippen LogP) is 2.99. The Bertz CT molecular complexity index is 698. The van der Waals surface area contributed by atoms with Crippen LogP contribution in [0, 0.1) is 0 Å². The molecule has 1 aromatic carbocycles. The molecule has 1 aromatic heterocycles. The molecule has 0 fully saturated rings. The maximum absolute atomic E-state index is 12.1. The minimum Gasteiger partial charge on any atom is -0.450 e. The van der Waals surface area contributed by atoms with Crippen LogP contribution in [0.3, 0.4) is 0 Å². The number of halogens is 2. The van der Waals surface area contributed by atoms with Crippen LogP contribution in [0.25, 0.3) is 0 Å². The van der Waals surface area contributed by atoms with E-state index in [4.69, 9.17) is 21.1 Å². The Morgan fingerprint density at radius 1 is 1.37 bits per heavy atom. The molecule has 2 N–H and O–H groups in total. The first kappa shape index (κ1) is 14.4. The van der Waals surface area contributed by atoms with E-state index in [0.717, 1.165) is 0 Å². The number of aliphatic hydroxyl groups excluding tert-OH is 1. The van der Waals surface area contributed by atoms with E-state index in [0.29, 0.717) is 10.7 Å². The summed E-state index contributed by atoms with van der Waals surface area (Å²) < 4.78 is 31.7. The summed E-state index contributed by atoms with van der Waals surface area (Å²) in [6, 6.07) is 7.57. The highest BCUT2D eigenvalue weighted by Gasteiger charge is 2.22. The van der Waals surface area contributed by atoms with Gasteiger partial charge in [0.2, 0.25) is 0 Å². The first-order valence-electron chi connectivity index (χ1n) is 5.10. The number of aliphatic hydroxyl groups is 1. The zero-order chi connectivity index (χ0) is 14.0. The molecular weight excluding hydrogens is 358 g/mol. The van der Waals surface area contributed by atoms with Gasteiger partial charge in [-0.2, -0.15) is 0 Å². The van der Waals surface area contributed by atoms with Crippen LogP contribution in [0.2, 0.25) is 5.02 Å². The molecule has 0 aliphatic rings. The Labute approximate surface area is 123 Å². The average Bonchev–Trinajstić information content (AvgIpc) is 2.71. The average molecular weight is 367 g/mol. The molecule has 5 nitrogen and oxygen atoms in total. The minimum absolute atomic E-state index is 0.0334. The smallest absolute Gasteiger partial charge is 0.266 e. The lowest BCUT2D eigenvalue weighted by Crippen LogP contribution is -2.12. The van der Waals surface area contributed by atoms with E-state index < -0.39 is 10.0 Å². The van der Waals surface area contributed by atoms with Crippen LogP contribution in [0.1, 0.15) is 5.76 Å². The number of anilines is 1. The van der Waals surface area contributed by atoms with Crippen molar-refractivity contribution in [2.24, 2.45) is 0 Å². The zero-order valence-electron chi connectivity index (χ0n) is 9.43. The second-order valence-corrected chi connectivity index (χ2v) is 6.43. The summed E-state index contributed by atoms with van der Waals surface area (Å²) in [5.74, 6) is 0.151. The van der Waals surface area contributed by atoms with Gasteiger partial charge in [0.05, 0.1) is 5.69 Å². The Hall–Kier alpha value is -1.02. The van der Waals surface area contributed by atoms with Crippen LogP contribution in [-0.4, -0.2) is 13.5 Å². The highest BCUT2D eigenvalue weighted by molar-refractivity contribution is 9.10. The van der Waals surface area contributed by atoms with Gasteiger partial charge in [-0.05, 0) is 34.1 Å². The van der Waals surface area contributed by atoms with E-state index in [1.165, 1.54) is 12.1 Å². The molecule has 0 unspecified atom stereocenters. The van der Waals surface area contributed by atoms with Gasteiger partial charge in [0.25, 0.3) is 10.0 Å². The lowest BCUT2D eigenvalue weighted by atomic mass is 10.3. The molecule has 102 valence electrons. The van der Waals surface area contributed by atoms with E-state index in [2.05, 4.69) is 20.7 Å². The molecule has 0 aliphatic carbocycles. The van der Waals surface area contributed by atoms with E-state index in [9.17, 15) is 8.42 Å². The number of hydrogen-bond acceptors (Lipinski definition) is 4. The standard InChI is InChI=1S/C11H9BrClNO4S/c12-11-10(5-9(6-15)18-11)19(16,17)14-8-3-1-2-7(13)4-8/h1-5,14-15H,6H2. The molecule has 0 saturated heterocycles.